The molecule has 5 heteroatoms. The van der Waals surface area contributed by atoms with Crippen molar-refractivity contribution in [3.8, 4) is 0 Å². The van der Waals surface area contributed by atoms with Gasteiger partial charge in [0, 0.05) is 18.9 Å². The molecular weight excluding hydrogens is 594 g/mol. The molecule has 0 unspecified atom stereocenters. The van der Waals surface area contributed by atoms with E-state index in [1.807, 2.05) is 0 Å². The Labute approximate surface area is 300 Å². The van der Waals surface area contributed by atoms with Crippen LogP contribution in [0.15, 0.2) is 0 Å². The average molecular weight is 680 g/mol. The summed E-state index contributed by atoms with van der Waals surface area (Å²) >= 11 is 0. The fourth-order valence-electron chi connectivity index (χ4n) is 6.98. The van der Waals surface area contributed by atoms with Gasteiger partial charge in [-0.25, -0.2) is 0 Å². The zero-order valence-electron chi connectivity index (χ0n) is 33.0. The molecule has 0 radical (unpaired) electrons. The lowest BCUT2D eigenvalue weighted by Crippen LogP contribution is -2.19. The zero-order chi connectivity index (χ0) is 35.3. The molecule has 0 aliphatic carbocycles. The first-order chi connectivity index (χ1) is 23.5. The Morgan fingerprint density at radius 1 is 0.396 bits per heavy atom. The Morgan fingerprint density at radius 2 is 0.688 bits per heavy atom. The lowest BCUT2D eigenvalue weighted by Gasteiger charge is -2.16. The summed E-state index contributed by atoms with van der Waals surface area (Å²) in [4.78, 5) is 24.4. The smallest absolute Gasteiger partial charge is 0.305 e. The van der Waals surface area contributed by atoms with Gasteiger partial charge in [-0.15, -0.1) is 0 Å². The van der Waals surface area contributed by atoms with Gasteiger partial charge in [-0.2, -0.15) is 0 Å². The van der Waals surface area contributed by atoms with Crippen molar-refractivity contribution in [1.29, 1.82) is 0 Å². The second kappa shape index (κ2) is 37.2. The van der Waals surface area contributed by atoms with Gasteiger partial charge in [0.15, 0.2) is 0 Å². The molecule has 0 aromatic heterocycles. The van der Waals surface area contributed by atoms with E-state index in [4.69, 9.17) is 15.2 Å². The number of unbranched alkanes of at least 4 members (excludes halogenated alkanes) is 16. The molecule has 0 fully saturated rings. The summed E-state index contributed by atoms with van der Waals surface area (Å²) in [6, 6.07) is 0.301. The highest BCUT2D eigenvalue weighted by Crippen LogP contribution is 2.22. The van der Waals surface area contributed by atoms with Gasteiger partial charge >= 0.3 is 11.9 Å². The third kappa shape index (κ3) is 33.4. The Hall–Kier alpha value is -1.10. The summed E-state index contributed by atoms with van der Waals surface area (Å²) in [6.07, 6.45) is 37.4. The summed E-state index contributed by atoms with van der Waals surface area (Å²) in [5.41, 5.74) is 6.38. The molecule has 0 amide bonds. The molecule has 0 spiro atoms. The van der Waals surface area contributed by atoms with Crippen LogP contribution in [-0.2, 0) is 19.1 Å². The average Bonchev–Trinajstić information content (AvgIpc) is 3.07. The number of nitrogens with two attached hydrogens (primary N) is 1. The van der Waals surface area contributed by atoms with Gasteiger partial charge in [-0.1, -0.05) is 182 Å². The van der Waals surface area contributed by atoms with E-state index in [1.165, 1.54) is 141 Å². The molecule has 0 aromatic carbocycles. The fraction of sp³-hybridized carbons (Fsp3) is 0.953. The Balaban J connectivity index is 3.69. The fourth-order valence-corrected chi connectivity index (χ4v) is 6.98. The van der Waals surface area contributed by atoms with Crippen LogP contribution >= 0.6 is 0 Å². The van der Waals surface area contributed by atoms with Crippen molar-refractivity contribution in [1.82, 2.24) is 0 Å². The van der Waals surface area contributed by atoms with E-state index in [0.29, 0.717) is 32.1 Å². The van der Waals surface area contributed by atoms with E-state index in [0.717, 1.165) is 63.2 Å². The summed E-state index contributed by atoms with van der Waals surface area (Å²) in [5.74, 6) is 1.43. The first-order valence-corrected chi connectivity index (χ1v) is 21.5. The Kier molecular flexibility index (Phi) is 36.3. The number of rotatable bonds is 38. The predicted octanol–water partition coefficient (Wildman–Crippen LogP) is 13.2. The van der Waals surface area contributed by atoms with Crippen molar-refractivity contribution < 1.29 is 19.1 Å². The maximum atomic E-state index is 12.2. The SMILES string of the molecule is CCCCCC(CCCCC)CCOC(=O)CCCCCCCC(N)CCCCCCCC(=O)OCCC(CCCCC)CCCCC. The van der Waals surface area contributed by atoms with Crippen LogP contribution in [0.4, 0.5) is 0 Å². The topological polar surface area (TPSA) is 78.6 Å². The van der Waals surface area contributed by atoms with E-state index in [-0.39, 0.29) is 11.9 Å². The summed E-state index contributed by atoms with van der Waals surface area (Å²) in [5, 5.41) is 0. The van der Waals surface area contributed by atoms with E-state index >= 15 is 0 Å². The first-order valence-electron chi connectivity index (χ1n) is 21.5. The van der Waals surface area contributed by atoms with Gasteiger partial charge < -0.3 is 15.2 Å². The lowest BCUT2D eigenvalue weighted by molar-refractivity contribution is -0.145. The minimum Gasteiger partial charge on any atom is -0.466 e. The molecular formula is C43H85NO4. The Bertz CT molecular complexity index is 608. The number of carbonyl (C=O) groups is 2. The number of esters is 2. The van der Waals surface area contributed by atoms with Crippen LogP contribution in [0.3, 0.4) is 0 Å². The van der Waals surface area contributed by atoms with Gasteiger partial charge in [0.2, 0.25) is 0 Å². The van der Waals surface area contributed by atoms with Crippen molar-refractivity contribution in [2.45, 2.75) is 239 Å². The normalized spacial score (nSPS) is 11.7. The number of hydrogen-bond donors (Lipinski definition) is 1. The largest absolute Gasteiger partial charge is 0.466 e. The van der Waals surface area contributed by atoms with Gasteiger partial charge in [0.25, 0.3) is 0 Å². The molecule has 0 bridgehead atoms. The van der Waals surface area contributed by atoms with Gasteiger partial charge in [-0.3, -0.25) is 9.59 Å². The molecule has 0 atom stereocenters. The Morgan fingerprint density at radius 3 is 1.02 bits per heavy atom. The highest BCUT2D eigenvalue weighted by atomic mass is 16.5. The van der Waals surface area contributed by atoms with Crippen molar-refractivity contribution in [2.24, 2.45) is 17.6 Å². The third-order valence-electron chi connectivity index (χ3n) is 10.4. The van der Waals surface area contributed by atoms with Gasteiger partial charge in [0.05, 0.1) is 13.2 Å². The van der Waals surface area contributed by atoms with Gasteiger partial charge in [-0.05, 0) is 50.4 Å². The molecule has 0 rings (SSSR count). The summed E-state index contributed by atoms with van der Waals surface area (Å²) < 4.78 is 11.2. The lowest BCUT2D eigenvalue weighted by atomic mass is 9.92. The van der Waals surface area contributed by atoms with E-state index in [1.54, 1.807) is 0 Å². The van der Waals surface area contributed by atoms with Crippen LogP contribution in [0.25, 0.3) is 0 Å². The van der Waals surface area contributed by atoms with Crippen molar-refractivity contribution in [3.63, 3.8) is 0 Å². The second-order valence-corrected chi connectivity index (χ2v) is 15.1. The van der Waals surface area contributed by atoms with Gasteiger partial charge in [0.1, 0.15) is 0 Å². The molecule has 0 saturated heterocycles. The van der Waals surface area contributed by atoms with Crippen LogP contribution in [0.5, 0.6) is 0 Å². The highest BCUT2D eigenvalue weighted by Gasteiger charge is 2.12. The van der Waals surface area contributed by atoms with Crippen molar-refractivity contribution in [2.75, 3.05) is 13.2 Å². The molecule has 0 aliphatic heterocycles. The number of ether oxygens (including phenoxy) is 2. The molecule has 286 valence electrons. The van der Waals surface area contributed by atoms with Crippen molar-refractivity contribution >= 4 is 11.9 Å². The summed E-state index contributed by atoms with van der Waals surface area (Å²) in [7, 11) is 0. The quantitative estimate of drug-likeness (QED) is 0.0519. The van der Waals surface area contributed by atoms with Crippen LogP contribution in [-0.4, -0.2) is 31.2 Å². The maximum Gasteiger partial charge on any atom is 0.305 e. The monoisotopic (exact) mass is 680 g/mol. The maximum absolute atomic E-state index is 12.2. The molecule has 0 aromatic rings. The number of carbonyl (C=O) groups excluding carboxylic acids is 2. The molecule has 0 saturated carbocycles. The summed E-state index contributed by atoms with van der Waals surface area (Å²) in [6.45, 7) is 10.3. The molecule has 2 N–H and O–H groups in total. The second-order valence-electron chi connectivity index (χ2n) is 15.1. The van der Waals surface area contributed by atoms with E-state index in [2.05, 4.69) is 27.7 Å². The predicted molar refractivity (Wildman–Crippen MR) is 207 cm³/mol. The van der Waals surface area contributed by atoms with Crippen LogP contribution in [0.1, 0.15) is 233 Å². The van der Waals surface area contributed by atoms with E-state index < -0.39 is 0 Å². The van der Waals surface area contributed by atoms with Crippen LogP contribution in [0, 0.1) is 11.8 Å². The standard InChI is InChI=1S/C43H85NO4/c1-5-9-19-27-39(28-20-10-6-2)35-37-47-42(45)33-25-17-13-15-23-31-41(44)32-24-16-14-18-26-34-43(46)48-38-36-40(29-21-11-7-3)30-22-12-8-4/h39-41H,5-38,44H2,1-4H3. The first kappa shape index (κ1) is 46.9. The molecule has 0 heterocycles. The van der Waals surface area contributed by atoms with Crippen LogP contribution in [0.2, 0.25) is 0 Å². The van der Waals surface area contributed by atoms with Crippen LogP contribution < -0.4 is 5.73 Å². The third-order valence-corrected chi connectivity index (χ3v) is 10.4. The molecule has 0 aliphatic rings. The minimum absolute atomic E-state index is 0.00694. The molecule has 48 heavy (non-hydrogen) atoms. The zero-order valence-corrected chi connectivity index (χ0v) is 33.0. The number of hydrogen-bond acceptors (Lipinski definition) is 5. The highest BCUT2D eigenvalue weighted by molar-refractivity contribution is 5.69. The van der Waals surface area contributed by atoms with E-state index in [9.17, 15) is 9.59 Å². The van der Waals surface area contributed by atoms with Crippen molar-refractivity contribution in [3.05, 3.63) is 0 Å². The minimum atomic E-state index is -0.00694. The molecule has 5 nitrogen and oxygen atoms in total.